The lowest BCUT2D eigenvalue weighted by atomic mass is 10.0. The Hall–Kier alpha value is -1.99. The summed E-state index contributed by atoms with van der Waals surface area (Å²) < 4.78 is 0.254. The predicted molar refractivity (Wildman–Crippen MR) is 97.7 cm³/mol. The van der Waals surface area contributed by atoms with Crippen molar-refractivity contribution in [1.82, 2.24) is 4.90 Å². The molecule has 0 saturated carbocycles. The zero-order valence-electron chi connectivity index (χ0n) is 13.3. The van der Waals surface area contributed by atoms with Crippen LogP contribution in [0.4, 0.5) is 0 Å². The molecule has 1 aromatic rings. The van der Waals surface area contributed by atoms with E-state index < -0.39 is 17.9 Å². The first-order chi connectivity index (χ1) is 11.3. The molecule has 0 spiro atoms. The summed E-state index contributed by atoms with van der Waals surface area (Å²) in [5.41, 5.74) is 1.29. The minimum absolute atomic E-state index is 0.121. The number of nitrogens with zero attached hydrogens (tertiary/aromatic N) is 1. The Morgan fingerprint density at radius 3 is 2.38 bits per heavy atom. The van der Waals surface area contributed by atoms with Crippen LogP contribution in [0.5, 0.6) is 0 Å². The second-order valence-corrected chi connectivity index (χ2v) is 7.50. The van der Waals surface area contributed by atoms with Gasteiger partial charge in [0.2, 0.25) is 0 Å². The zero-order valence-corrected chi connectivity index (χ0v) is 14.9. The van der Waals surface area contributed by atoms with Gasteiger partial charge in [-0.1, -0.05) is 62.1 Å². The molecule has 1 aromatic carbocycles. The van der Waals surface area contributed by atoms with Crippen LogP contribution < -0.4 is 0 Å². The Labute approximate surface area is 149 Å². The van der Waals surface area contributed by atoms with Crippen molar-refractivity contribution in [2.45, 2.75) is 26.3 Å². The van der Waals surface area contributed by atoms with E-state index in [4.69, 9.17) is 12.2 Å². The van der Waals surface area contributed by atoms with Crippen LogP contribution in [-0.2, 0) is 9.59 Å². The largest absolute Gasteiger partial charge is 0.480 e. The van der Waals surface area contributed by atoms with Gasteiger partial charge in [0.05, 0.1) is 4.91 Å². The molecular formula is C17H17NO4S2. The van der Waals surface area contributed by atoms with Gasteiger partial charge in [-0.25, -0.2) is 4.79 Å². The summed E-state index contributed by atoms with van der Waals surface area (Å²) in [5.74, 6) is -1.33. The quantitative estimate of drug-likeness (QED) is 0.475. The number of carbonyl (C=O) groups is 3. The van der Waals surface area contributed by atoms with Crippen LogP contribution in [0, 0.1) is 5.92 Å². The van der Waals surface area contributed by atoms with Gasteiger partial charge in [0, 0.05) is 5.56 Å². The van der Waals surface area contributed by atoms with Crippen LogP contribution >= 0.6 is 24.0 Å². The topological polar surface area (TPSA) is 74.7 Å². The molecule has 1 aliphatic heterocycles. The molecule has 1 fully saturated rings. The van der Waals surface area contributed by atoms with E-state index in [-0.39, 0.29) is 10.2 Å². The van der Waals surface area contributed by atoms with Gasteiger partial charge < -0.3 is 5.11 Å². The van der Waals surface area contributed by atoms with E-state index in [1.807, 2.05) is 13.8 Å². The summed E-state index contributed by atoms with van der Waals surface area (Å²) in [6.07, 6.45) is 2.73. The fraction of sp³-hybridized carbons (Fsp3) is 0.294. The molecule has 2 rings (SSSR count). The first-order valence-corrected chi connectivity index (χ1v) is 8.61. The first-order valence-electron chi connectivity index (χ1n) is 7.38. The van der Waals surface area contributed by atoms with E-state index in [9.17, 15) is 19.5 Å². The molecule has 0 aromatic heterocycles. The first kappa shape index (κ1) is 18.4. The molecule has 0 bridgehead atoms. The third kappa shape index (κ3) is 4.10. The molecule has 126 valence electrons. The Morgan fingerprint density at radius 1 is 1.29 bits per heavy atom. The number of amides is 1. The molecule has 1 unspecified atom stereocenters. The molecule has 1 heterocycles. The number of rotatable bonds is 6. The van der Waals surface area contributed by atoms with Gasteiger partial charge in [0.1, 0.15) is 16.6 Å². The molecular weight excluding hydrogens is 346 g/mol. The average Bonchev–Trinajstić information content (AvgIpc) is 2.79. The highest BCUT2D eigenvalue weighted by molar-refractivity contribution is 8.26. The van der Waals surface area contributed by atoms with Crippen molar-refractivity contribution in [3.63, 3.8) is 0 Å². The highest BCUT2D eigenvalue weighted by Crippen LogP contribution is 2.35. The van der Waals surface area contributed by atoms with Gasteiger partial charge >= 0.3 is 5.97 Å². The second kappa shape index (κ2) is 7.72. The van der Waals surface area contributed by atoms with Crippen LogP contribution in [0.25, 0.3) is 6.08 Å². The van der Waals surface area contributed by atoms with E-state index in [0.717, 1.165) is 23.6 Å². The number of carboxylic acids is 1. The molecule has 1 saturated heterocycles. The molecule has 1 amide bonds. The van der Waals surface area contributed by atoms with E-state index >= 15 is 0 Å². The van der Waals surface area contributed by atoms with Crippen molar-refractivity contribution >= 4 is 52.5 Å². The molecule has 5 nitrogen and oxygen atoms in total. The number of carbonyl (C=O) groups excluding carboxylic acids is 2. The van der Waals surface area contributed by atoms with Crippen molar-refractivity contribution in [2.75, 3.05) is 0 Å². The maximum atomic E-state index is 12.6. The summed E-state index contributed by atoms with van der Waals surface area (Å²) >= 11 is 6.31. The lowest BCUT2D eigenvalue weighted by molar-refractivity contribution is -0.145. The standard InChI is InChI=1S/C17H17NO4S2/c1-10(2)7-13(16(21)22)18-15(20)14(24-17(18)23)8-11-3-5-12(9-19)6-4-11/h3-6,8-10,13H,7H2,1-2H3,(H,21,22)/b14-8-. The summed E-state index contributed by atoms with van der Waals surface area (Å²) in [5, 5.41) is 9.44. The zero-order chi connectivity index (χ0) is 17.9. The highest BCUT2D eigenvalue weighted by Gasteiger charge is 2.40. The Morgan fingerprint density at radius 2 is 1.88 bits per heavy atom. The van der Waals surface area contributed by atoms with Crippen LogP contribution in [0.3, 0.4) is 0 Å². The lowest BCUT2D eigenvalue weighted by Crippen LogP contribution is -2.44. The molecule has 24 heavy (non-hydrogen) atoms. The third-order valence-corrected chi connectivity index (χ3v) is 4.82. The van der Waals surface area contributed by atoms with Crippen molar-refractivity contribution < 1.29 is 19.5 Å². The van der Waals surface area contributed by atoms with E-state index in [0.29, 0.717) is 16.9 Å². The van der Waals surface area contributed by atoms with Gasteiger partial charge in [0.25, 0.3) is 5.91 Å². The molecule has 1 atom stereocenters. The SMILES string of the molecule is CC(C)CC(C(=O)O)N1C(=O)/C(=C/c2ccc(C=O)cc2)SC1=S. The summed E-state index contributed by atoms with van der Waals surface area (Å²) in [4.78, 5) is 36.4. The number of aliphatic carboxylic acids is 1. The molecule has 0 aliphatic carbocycles. The number of thioether (sulfide) groups is 1. The van der Waals surface area contributed by atoms with E-state index in [1.165, 1.54) is 4.90 Å². The van der Waals surface area contributed by atoms with Gasteiger partial charge in [-0.3, -0.25) is 14.5 Å². The molecule has 1 aliphatic rings. The number of thiocarbonyl (C=S) groups is 1. The number of aldehydes is 1. The molecule has 7 heteroatoms. The fourth-order valence-corrected chi connectivity index (χ4v) is 3.69. The number of benzene rings is 1. The fourth-order valence-electron chi connectivity index (χ4n) is 2.33. The predicted octanol–water partition coefficient (Wildman–Crippen LogP) is 3.20. The van der Waals surface area contributed by atoms with Crippen molar-refractivity contribution in [2.24, 2.45) is 5.92 Å². The minimum atomic E-state index is -1.06. The Kier molecular flexibility index (Phi) is 5.90. The highest BCUT2D eigenvalue weighted by atomic mass is 32.2. The Balaban J connectivity index is 2.27. The van der Waals surface area contributed by atoms with E-state index in [2.05, 4.69) is 0 Å². The maximum Gasteiger partial charge on any atom is 0.326 e. The minimum Gasteiger partial charge on any atom is -0.480 e. The number of carboxylic acid groups (broad SMARTS) is 1. The van der Waals surface area contributed by atoms with Crippen molar-refractivity contribution in [3.8, 4) is 0 Å². The normalized spacial score (nSPS) is 17.6. The number of hydrogen-bond acceptors (Lipinski definition) is 5. The summed E-state index contributed by atoms with van der Waals surface area (Å²) in [7, 11) is 0. The molecule has 0 radical (unpaired) electrons. The smallest absolute Gasteiger partial charge is 0.326 e. The van der Waals surface area contributed by atoms with Gasteiger partial charge in [0.15, 0.2) is 0 Å². The van der Waals surface area contributed by atoms with Gasteiger partial charge in [-0.15, -0.1) is 0 Å². The van der Waals surface area contributed by atoms with Crippen LogP contribution in [0.1, 0.15) is 36.2 Å². The summed E-state index contributed by atoms with van der Waals surface area (Å²) in [6.45, 7) is 3.80. The number of hydrogen-bond donors (Lipinski definition) is 1. The second-order valence-electron chi connectivity index (χ2n) is 5.82. The third-order valence-electron chi connectivity index (χ3n) is 3.49. The monoisotopic (exact) mass is 363 g/mol. The van der Waals surface area contributed by atoms with Crippen LogP contribution in [0.2, 0.25) is 0 Å². The van der Waals surface area contributed by atoms with Gasteiger partial charge in [-0.05, 0) is 24.0 Å². The van der Waals surface area contributed by atoms with Crippen LogP contribution in [-0.4, -0.2) is 38.5 Å². The molecule has 1 N–H and O–H groups in total. The van der Waals surface area contributed by atoms with E-state index in [1.54, 1.807) is 30.3 Å². The maximum absolute atomic E-state index is 12.6. The van der Waals surface area contributed by atoms with Crippen LogP contribution in [0.15, 0.2) is 29.2 Å². The lowest BCUT2D eigenvalue weighted by Gasteiger charge is -2.24. The van der Waals surface area contributed by atoms with Crippen molar-refractivity contribution in [1.29, 1.82) is 0 Å². The van der Waals surface area contributed by atoms with Crippen molar-refractivity contribution in [3.05, 3.63) is 40.3 Å². The Bertz CT molecular complexity index is 710. The average molecular weight is 363 g/mol. The van der Waals surface area contributed by atoms with Gasteiger partial charge in [-0.2, -0.15) is 0 Å². The summed E-state index contributed by atoms with van der Waals surface area (Å²) in [6, 6.07) is 5.79.